The van der Waals surface area contributed by atoms with E-state index >= 15 is 0 Å². The molecule has 0 radical (unpaired) electrons. The second kappa shape index (κ2) is 17.6. The molecular formula is C29H35ClN10O13S2. The zero-order chi connectivity index (χ0) is 40.8. The molecule has 1 aromatic carbocycles. The fraction of sp³-hybridized carbons (Fsp3) is 0.414. The van der Waals surface area contributed by atoms with Crippen LogP contribution in [0.25, 0.3) is 0 Å². The van der Waals surface area contributed by atoms with Crippen LogP contribution in [-0.4, -0.2) is 143 Å². The van der Waals surface area contributed by atoms with Crippen molar-refractivity contribution in [2.75, 3.05) is 38.5 Å². The number of phenolic OH excluding ortho intramolecular Hbond substituents is 2. The van der Waals surface area contributed by atoms with Gasteiger partial charge in [-0.05, 0) is 32.9 Å². The number of hydrazine groups is 1. The highest BCUT2D eigenvalue weighted by atomic mass is 35.5. The molecule has 3 heterocycles. The molecule has 0 saturated carbocycles. The number of benzene rings is 1. The Bertz CT molecular complexity index is 1900. The normalized spacial score (nSPS) is 17.7. The van der Waals surface area contributed by atoms with Crippen molar-refractivity contribution in [3.05, 3.63) is 33.8 Å². The summed E-state index contributed by atoms with van der Waals surface area (Å²) in [5.74, 6) is -6.37. The fourth-order valence-corrected chi connectivity index (χ4v) is 6.91. The summed E-state index contributed by atoms with van der Waals surface area (Å²) < 4.78 is 0. The van der Waals surface area contributed by atoms with Gasteiger partial charge in [0.05, 0.1) is 29.1 Å². The lowest BCUT2D eigenvalue weighted by Gasteiger charge is -2.47. The van der Waals surface area contributed by atoms with Gasteiger partial charge in [-0.1, -0.05) is 16.8 Å². The van der Waals surface area contributed by atoms with E-state index in [4.69, 9.17) is 27.0 Å². The molecule has 0 bridgehead atoms. The number of anilines is 1. The first-order valence-corrected chi connectivity index (χ1v) is 18.0. The van der Waals surface area contributed by atoms with Gasteiger partial charge in [-0.15, -0.1) is 23.1 Å². The van der Waals surface area contributed by atoms with E-state index in [9.17, 15) is 54.0 Å². The lowest BCUT2D eigenvalue weighted by Crippen LogP contribution is -2.71. The summed E-state index contributed by atoms with van der Waals surface area (Å²) in [6.07, 6.45) is 0. The van der Waals surface area contributed by atoms with Crippen molar-refractivity contribution < 1.29 is 63.7 Å². The van der Waals surface area contributed by atoms with Crippen molar-refractivity contribution in [1.29, 1.82) is 0 Å². The molecule has 2 aromatic rings. The number of thiazole rings is 1. The van der Waals surface area contributed by atoms with Gasteiger partial charge in [0.1, 0.15) is 23.7 Å². The number of nitrogens with one attached hydrogen (secondary N) is 4. The molecule has 1 aromatic heterocycles. The van der Waals surface area contributed by atoms with E-state index in [0.717, 1.165) is 39.1 Å². The van der Waals surface area contributed by atoms with Crippen LogP contribution in [-0.2, 0) is 28.9 Å². The minimum absolute atomic E-state index is 0.0132. The third-order valence-electron chi connectivity index (χ3n) is 7.64. The summed E-state index contributed by atoms with van der Waals surface area (Å²) in [6, 6.07) is -0.651. The van der Waals surface area contributed by atoms with Gasteiger partial charge < -0.3 is 51.4 Å². The topological polar surface area (TPSA) is 328 Å². The number of aliphatic carboxylic acids is 2. The van der Waals surface area contributed by atoms with Crippen LogP contribution >= 0.6 is 34.7 Å². The summed E-state index contributed by atoms with van der Waals surface area (Å²) in [6.45, 7) is 2.99. The number of nitrogens with zero attached hydrogens (tertiary/aromatic N) is 5. The number of carboxylic acids is 2. The number of thioether (sulfide) groups is 1. The number of amides is 7. The van der Waals surface area contributed by atoms with E-state index in [1.54, 1.807) is 6.92 Å². The molecule has 2 aliphatic heterocycles. The van der Waals surface area contributed by atoms with Gasteiger partial charge in [-0.25, -0.2) is 35.3 Å². The number of likely N-dealkylation sites (tertiary alicyclic amines) is 1. The molecule has 23 nitrogen and oxygen atoms in total. The van der Waals surface area contributed by atoms with Gasteiger partial charge in [0, 0.05) is 18.5 Å². The fourth-order valence-electron chi connectivity index (χ4n) is 4.70. The Kier molecular flexibility index (Phi) is 13.4. The van der Waals surface area contributed by atoms with E-state index < -0.39 is 87.9 Å². The molecule has 26 heteroatoms. The third kappa shape index (κ3) is 10.0. The number of halogens is 1. The lowest BCUT2D eigenvalue weighted by molar-refractivity contribution is -0.161. The number of phenols is 2. The molecule has 2 unspecified atom stereocenters. The number of oxime groups is 1. The lowest BCUT2D eigenvalue weighted by atomic mass is 10.1. The van der Waals surface area contributed by atoms with Crippen LogP contribution in [0.4, 0.5) is 14.7 Å². The number of β-lactam (4-membered cyclic amide) rings is 1. The number of rotatable bonds is 17. The van der Waals surface area contributed by atoms with Gasteiger partial charge in [-0.3, -0.25) is 24.0 Å². The Hall–Kier alpha value is -5.79. The zero-order valence-electron chi connectivity index (χ0n) is 29.0. The third-order valence-corrected chi connectivity index (χ3v) is 10.2. The van der Waals surface area contributed by atoms with E-state index in [1.165, 1.54) is 30.2 Å². The van der Waals surface area contributed by atoms with Crippen molar-refractivity contribution >= 4 is 87.3 Å². The number of aromatic hydroxyl groups is 2. The van der Waals surface area contributed by atoms with Crippen molar-refractivity contribution in [3.63, 3.8) is 0 Å². The van der Waals surface area contributed by atoms with Crippen LogP contribution < -0.4 is 27.3 Å². The second-order valence-corrected chi connectivity index (χ2v) is 14.6. The van der Waals surface area contributed by atoms with Crippen molar-refractivity contribution in [2.45, 2.75) is 43.2 Å². The van der Waals surface area contributed by atoms with E-state index in [-0.39, 0.29) is 47.7 Å². The molecular weight excluding hydrogens is 796 g/mol. The molecule has 3 atom stereocenters. The maximum Gasteiger partial charge on any atom is 0.357 e. The van der Waals surface area contributed by atoms with Crippen LogP contribution in [0.5, 0.6) is 11.5 Å². The number of hydrogen-bond acceptors (Lipinski definition) is 16. The molecule has 2 fully saturated rings. The number of carboxylic acid groups (broad SMARTS) is 2. The summed E-state index contributed by atoms with van der Waals surface area (Å²) in [4.78, 5) is 104. The Morgan fingerprint density at radius 1 is 1.18 bits per heavy atom. The summed E-state index contributed by atoms with van der Waals surface area (Å²) in [5, 5.41) is 46.8. The van der Waals surface area contributed by atoms with E-state index in [1.807, 2.05) is 5.48 Å². The summed E-state index contributed by atoms with van der Waals surface area (Å²) in [5.41, 5.74) is 7.48. The first kappa shape index (κ1) is 42.0. The predicted molar refractivity (Wildman–Crippen MR) is 192 cm³/mol. The first-order chi connectivity index (χ1) is 25.8. The van der Waals surface area contributed by atoms with Crippen LogP contribution in [0, 0.1) is 0 Å². The summed E-state index contributed by atoms with van der Waals surface area (Å²) in [7, 11) is 0. The van der Waals surface area contributed by atoms with Gasteiger partial charge >= 0.3 is 24.0 Å². The minimum Gasteiger partial charge on any atom is -0.504 e. The SMILES string of the molecule is CC(SC1[C@H](NC(=O)/C(=N\OC(C)(C)C(=O)O)c2csc(N)n2)C(=O)N1CC(=O)O)N1CCN(NC(=O)NOCCNC(=O)c2ccc(O)c(O)c2Cl)C1=O. The Balaban J connectivity index is 1.32. The monoisotopic (exact) mass is 830 g/mol. The highest BCUT2D eigenvalue weighted by Crippen LogP contribution is 2.36. The second-order valence-electron chi connectivity index (χ2n) is 11.9. The van der Waals surface area contributed by atoms with Crippen molar-refractivity contribution in [3.8, 4) is 11.5 Å². The predicted octanol–water partition coefficient (Wildman–Crippen LogP) is -0.496. The number of aromatic nitrogens is 1. The van der Waals surface area contributed by atoms with E-state index in [2.05, 4.69) is 26.2 Å². The molecule has 298 valence electrons. The standard InChI is InChI=1S/C29H35ClN10O13S2/c1-12(38-7-8-40(28(38)51)35-27(50)37-52-9-6-32-21(45)13-4-5-15(41)20(44)17(13)30)55-24-19(23(47)39(24)10-16(42)43)34-22(46)18(14-11-54-26(31)33-14)36-53-29(2,3)25(48)49/h4-5,11-12,19,24,41,44H,6-10H2,1-3H3,(H2,31,33)(H,32,45)(H,34,46)(H,42,43)(H,48,49)(H2,35,37,50)/b36-18-/t12?,19-,24?/m1/s1. The van der Waals surface area contributed by atoms with Crippen LogP contribution in [0.2, 0.25) is 5.02 Å². The van der Waals surface area contributed by atoms with Gasteiger partial charge in [0.2, 0.25) is 11.5 Å². The Morgan fingerprint density at radius 2 is 1.89 bits per heavy atom. The van der Waals surface area contributed by atoms with Crippen molar-refractivity contribution in [1.82, 2.24) is 41.3 Å². The molecule has 2 saturated heterocycles. The number of urea groups is 2. The number of hydroxylamine groups is 1. The number of nitrogens with two attached hydrogens (primary N) is 1. The average Bonchev–Trinajstić information content (AvgIpc) is 3.71. The van der Waals surface area contributed by atoms with E-state index in [0.29, 0.717) is 0 Å². The largest absolute Gasteiger partial charge is 0.504 e. The highest BCUT2D eigenvalue weighted by Gasteiger charge is 2.51. The number of carbonyl (C=O) groups is 7. The molecule has 7 amide bonds. The minimum atomic E-state index is -1.86. The Labute approximate surface area is 323 Å². The maximum absolute atomic E-state index is 13.4. The quantitative estimate of drug-likeness (QED) is 0.0319. The van der Waals surface area contributed by atoms with Gasteiger partial charge in [0.25, 0.3) is 11.8 Å². The van der Waals surface area contributed by atoms with Crippen LogP contribution in [0.3, 0.4) is 0 Å². The molecule has 2 aliphatic rings. The summed E-state index contributed by atoms with van der Waals surface area (Å²) >= 11 is 7.78. The van der Waals surface area contributed by atoms with Gasteiger partial charge in [0.15, 0.2) is 22.3 Å². The highest BCUT2D eigenvalue weighted by molar-refractivity contribution is 8.00. The molecule has 4 rings (SSSR count). The number of hydrogen-bond donors (Lipinski definition) is 9. The molecule has 0 aliphatic carbocycles. The van der Waals surface area contributed by atoms with Crippen molar-refractivity contribution in [2.24, 2.45) is 5.16 Å². The first-order valence-electron chi connectivity index (χ1n) is 15.8. The zero-order valence-corrected chi connectivity index (χ0v) is 31.4. The van der Waals surface area contributed by atoms with Crippen LogP contribution in [0.15, 0.2) is 22.7 Å². The molecule has 0 spiro atoms. The number of carbonyl (C=O) groups excluding carboxylic acids is 5. The average molecular weight is 831 g/mol. The van der Waals surface area contributed by atoms with Crippen LogP contribution in [0.1, 0.15) is 36.8 Å². The molecule has 10 N–H and O–H groups in total. The number of nitrogen functional groups attached to an aromatic ring is 1. The molecule has 55 heavy (non-hydrogen) atoms. The Morgan fingerprint density at radius 3 is 2.53 bits per heavy atom. The maximum atomic E-state index is 13.4. The smallest absolute Gasteiger partial charge is 0.357 e. The van der Waals surface area contributed by atoms with Gasteiger partial charge in [-0.2, -0.15) is 0 Å².